The first kappa shape index (κ1) is 16.6. The lowest BCUT2D eigenvalue weighted by molar-refractivity contribution is -0.133. The van der Waals surface area contributed by atoms with Gasteiger partial charge in [-0.05, 0) is 26.0 Å². The second-order valence-electron chi connectivity index (χ2n) is 4.66. The summed E-state index contributed by atoms with van der Waals surface area (Å²) in [6.07, 6.45) is -0.155. The van der Waals surface area contributed by atoms with Gasteiger partial charge in [0.25, 0.3) is 0 Å². The van der Waals surface area contributed by atoms with Crippen molar-refractivity contribution in [3.63, 3.8) is 0 Å². The molecule has 20 heavy (non-hydrogen) atoms. The molecule has 1 heterocycles. The zero-order valence-corrected chi connectivity index (χ0v) is 12.6. The summed E-state index contributed by atoms with van der Waals surface area (Å²) in [7, 11) is 0. The number of halogens is 1. The van der Waals surface area contributed by atoms with Crippen molar-refractivity contribution in [1.29, 1.82) is 0 Å². The fourth-order valence-electron chi connectivity index (χ4n) is 2.06. The van der Waals surface area contributed by atoms with Gasteiger partial charge in [0.15, 0.2) is 17.6 Å². The molecule has 2 N–H and O–H groups in total. The number of benzene rings is 1. The molecule has 1 aromatic carbocycles. The lowest BCUT2D eigenvalue weighted by Gasteiger charge is -2.31. The molecule has 0 spiro atoms. The van der Waals surface area contributed by atoms with Crippen molar-refractivity contribution < 1.29 is 14.3 Å². The molecule has 1 aliphatic rings. The van der Waals surface area contributed by atoms with Crippen LogP contribution in [0.3, 0.4) is 0 Å². The molecule has 0 saturated heterocycles. The van der Waals surface area contributed by atoms with E-state index in [-0.39, 0.29) is 24.4 Å². The van der Waals surface area contributed by atoms with E-state index in [1.54, 1.807) is 11.8 Å². The SMILES string of the molecule is CCN(CC1COc2ccccc2O1)C(=O)[C@H](C)N.Cl. The lowest BCUT2D eigenvalue weighted by Crippen LogP contribution is -2.48. The highest BCUT2D eigenvalue weighted by molar-refractivity contribution is 5.85. The maximum absolute atomic E-state index is 11.9. The van der Waals surface area contributed by atoms with E-state index < -0.39 is 6.04 Å². The molecule has 1 aliphatic heterocycles. The zero-order chi connectivity index (χ0) is 13.8. The normalized spacial score (nSPS) is 17.9. The van der Waals surface area contributed by atoms with Gasteiger partial charge in [0, 0.05) is 6.54 Å². The fourth-order valence-corrected chi connectivity index (χ4v) is 2.06. The monoisotopic (exact) mass is 300 g/mol. The summed E-state index contributed by atoms with van der Waals surface area (Å²) in [4.78, 5) is 13.6. The van der Waals surface area contributed by atoms with Crippen LogP contribution in [0, 0.1) is 0 Å². The number of rotatable bonds is 4. The number of amides is 1. The van der Waals surface area contributed by atoms with Gasteiger partial charge in [0.1, 0.15) is 6.61 Å². The van der Waals surface area contributed by atoms with Crippen LogP contribution in [0.4, 0.5) is 0 Å². The second-order valence-corrected chi connectivity index (χ2v) is 4.66. The average molecular weight is 301 g/mol. The van der Waals surface area contributed by atoms with E-state index in [1.807, 2.05) is 31.2 Å². The van der Waals surface area contributed by atoms with Crippen molar-refractivity contribution >= 4 is 18.3 Å². The number of nitrogens with zero attached hydrogens (tertiary/aromatic N) is 1. The first-order valence-electron chi connectivity index (χ1n) is 6.54. The van der Waals surface area contributed by atoms with Crippen LogP contribution in [0.2, 0.25) is 0 Å². The molecule has 0 aromatic heterocycles. The Morgan fingerprint density at radius 2 is 2.10 bits per heavy atom. The standard InChI is InChI=1S/C14H20N2O3.ClH/c1-3-16(14(17)10(2)15)8-11-9-18-12-6-4-5-7-13(12)19-11;/h4-7,10-11H,3,8-9,15H2,1-2H3;1H/t10-,11?;/m0./s1. The van der Waals surface area contributed by atoms with Gasteiger partial charge in [-0.3, -0.25) is 4.79 Å². The molecule has 0 fully saturated rings. The molecular formula is C14H21ClN2O3. The van der Waals surface area contributed by atoms with Crippen LogP contribution in [0.25, 0.3) is 0 Å². The molecule has 0 aliphatic carbocycles. The van der Waals surface area contributed by atoms with E-state index in [0.29, 0.717) is 19.7 Å². The van der Waals surface area contributed by atoms with Crippen molar-refractivity contribution in [2.75, 3.05) is 19.7 Å². The third-order valence-electron chi connectivity index (χ3n) is 3.07. The number of para-hydroxylation sites is 2. The van der Waals surface area contributed by atoms with Crippen LogP contribution >= 0.6 is 12.4 Å². The molecule has 0 radical (unpaired) electrons. The van der Waals surface area contributed by atoms with E-state index in [2.05, 4.69) is 0 Å². The predicted octanol–water partition coefficient (Wildman–Crippen LogP) is 1.44. The van der Waals surface area contributed by atoms with Crippen LogP contribution < -0.4 is 15.2 Å². The van der Waals surface area contributed by atoms with Gasteiger partial charge in [0.2, 0.25) is 5.91 Å². The number of ether oxygens (including phenoxy) is 2. The first-order valence-corrected chi connectivity index (χ1v) is 6.54. The van der Waals surface area contributed by atoms with E-state index in [4.69, 9.17) is 15.2 Å². The average Bonchev–Trinajstić information content (AvgIpc) is 2.43. The number of nitrogens with two attached hydrogens (primary N) is 1. The number of hydrogen-bond donors (Lipinski definition) is 1. The molecule has 1 amide bonds. The first-order chi connectivity index (χ1) is 9.11. The highest BCUT2D eigenvalue weighted by Crippen LogP contribution is 2.30. The van der Waals surface area contributed by atoms with Crippen LogP contribution in [-0.2, 0) is 4.79 Å². The zero-order valence-electron chi connectivity index (χ0n) is 11.7. The summed E-state index contributed by atoms with van der Waals surface area (Å²) in [5, 5.41) is 0. The lowest BCUT2D eigenvalue weighted by atomic mass is 10.2. The molecular weight excluding hydrogens is 280 g/mol. The molecule has 1 unspecified atom stereocenters. The molecule has 2 atom stereocenters. The van der Waals surface area contributed by atoms with Crippen LogP contribution in [0.5, 0.6) is 11.5 Å². The third-order valence-corrected chi connectivity index (χ3v) is 3.07. The van der Waals surface area contributed by atoms with Gasteiger partial charge in [-0.25, -0.2) is 0 Å². The minimum absolute atomic E-state index is 0. The van der Waals surface area contributed by atoms with Crippen molar-refractivity contribution in [1.82, 2.24) is 4.90 Å². The van der Waals surface area contributed by atoms with E-state index in [1.165, 1.54) is 0 Å². The predicted molar refractivity (Wildman–Crippen MR) is 79.5 cm³/mol. The minimum Gasteiger partial charge on any atom is -0.486 e. The number of carbonyl (C=O) groups is 1. The van der Waals surface area contributed by atoms with E-state index >= 15 is 0 Å². The highest BCUT2D eigenvalue weighted by atomic mass is 35.5. The van der Waals surface area contributed by atoms with Crippen molar-refractivity contribution in [3.05, 3.63) is 24.3 Å². The molecule has 0 bridgehead atoms. The van der Waals surface area contributed by atoms with Gasteiger partial charge < -0.3 is 20.1 Å². The summed E-state index contributed by atoms with van der Waals surface area (Å²) in [5.74, 6) is 1.41. The number of carbonyl (C=O) groups excluding carboxylic acids is 1. The summed E-state index contributed by atoms with van der Waals surface area (Å²) in [6.45, 7) is 5.17. The van der Waals surface area contributed by atoms with Crippen LogP contribution in [-0.4, -0.2) is 42.6 Å². The second kappa shape index (κ2) is 7.36. The van der Waals surface area contributed by atoms with Crippen LogP contribution in [0.1, 0.15) is 13.8 Å². The maximum atomic E-state index is 11.9. The Bertz CT molecular complexity index is 454. The molecule has 1 aromatic rings. The Labute approximate surface area is 125 Å². The Kier molecular flexibility index (Phi) is 6.10. The van der Waals surface area contributed by atoms with Crippen molar-refractivity contribution in [3.8, 4) is 11.5 Å². The van der Waals surface area contributed by atoms with E-state index in [9.17, 15) is 4.79 Å². The minimum atomic E-state index is -0.489. The molecule has 5 nitrogen and oxygen atoms in total. The van der Waals surface area contributed by atoms with E-state index in [0.717, 1.165) is 11.5 Å². The van der Waals surface area contributed by atoms with Gasteiger partial charge >= 0.3 is 0 Å². The molecule has 112 valence electrons. The number of fused-ring (bicyclic) bond motifs is 1. The van der Waals surface area contributed by atoms with Gasteiger partial charge in [-0.1, -0.05) is 12.1 Å². The smallest absolute Gasteiger partial charge is 0.239 e. The number of hydrogen-bond acceptors (Lipinski definition) is 4. The third kappa shape index (κ3) is 3.77. The van der Waals surface area contributed by atoms with Gasteiger partial charge in [-0.2, -0.15) is 0 Å². The Morgan fingerprint density at radius 1 is 1.45 bits per heavy atom. The van der Waals surface area contributed by atoms with Crippen molar-refractivity contribution in [2.24, 2.45) is 5.73 Å². The summed E-state index contributed by atoms with van der Waals surface area (Å²) in [5.41, 5.74) is 5.63. The number of likely N-dealkylation sites (N-methyl/N-ethyl adjacent to an activating group) is 1. The van der Waals surface area contributed by atoms with Gasteiger partial charge in [0.05, 0.1) is 12.6 Å². The maximum Gasteiger partial charge on any atom is 0.239 e. The highest BCUT2D eigenvalue weighted by Gasteiger charge is 2.25. The van der Waals surface area contributed by atoms with Crippen LogP contribution in [0.15, 0.2) is 24.3 Å². The Hall–Kier alpha value is -1.46. The van der Waals surface area contributed by atoms with Gasteiger partial charge in [-0.15, -0.1) is 12.4 Å². The Balaban J connectivity index is 0.00000200. The largest absolute Gasteiger partial charge is 0.486 e. The summed E-state index contributed by atoms with van der Waals surface area (Å²) < 4.78 is 11.5. The molecule has 2 rings (SSSR count). The fraction of sp³-hybridized carbons (Fsp3) is 0.500. The quantitative estimate of drug-likeness (QED) is 0.914. The Morgan fingerprint density at radius 3 is 2.70 bits per heavy atom. The summed E-state index contributed by atoms with van der Waals surface area (Å²) in [6, 6.07) is 7.05. The van der Waals surface area contributed by atoms with Crippen molar-refractivity contribution in [2.45, 2.75) is 26.0 Å². The summed E-state index contributed by atoms with van der Waals surface area (Å²) >= 11 is 0. The topological polar surface area (TPSA) is 64.8 Å². The molecule has 0 saturated carbocycles. The molecule has 6 heteroatoms.